The highest BCUT2D eigenvalue weighted by Gasteiger charge is 2.26. The Kier molecular flexibility index (Phi) is 5.16. The first-order valence-corrected chi connectivity index (χ1v) is 8.40. The fourth-order valence-electron chi connectivity index (χ4n) is 3.22. The normalized spacial score (nSPS) is 17.6. The van der Waals surface area contributed by atoms with E-state index in [0.717, 1.165) is 36.3 Å². The summed E-state index contributed by atoms with van der Waals surface area (Å²) in [5.41, 5.74) is 2.72. The van der Waals surface area contributed by atoms with Gasteiger partial charge in [0.05, 0.1) is 17.4 Å². The van der Waals surface area contributed by atoms with Crippen LogP contribution in [-0.4, -0.2) is 44.2 Å². The standard InChI is InChI=1S/C20H24N2O2/c1-21(16-9-4-3-5-10-16)19-13-7-6-12-18(19)20(23)22-14-8-11-17(15-22)24-2/h3-7,9-10,12-13,17H,8,11,14-15H2,1-2H3. The summed E-state index contributed by atoms with van der Waals surface area (Å²) in [6.07, 6.45) is 2.15. The van der Waals surface area contributed by atoms with Gasteiger partial charge in [0.25, 0.3) is 5.91 Å². The number of carbonyl (C=O) groups excluding carboxylic acids is 1. The predicted molar refractivity (Wildman–Crippen MR) is 96.9 cm³/mol. The maximum Gasteiger partial charge on any atom is 0.256 e. The van der Waals surface area contributed by atoms with E-state index in [1.807, 2.05) is 66.5 Å². The molecule has 1 unspecified atom stereocenters. The summed E-state index contributed by atoms with van der Waals surface area (Å²) < 4.78 is 5.45. The van der Waals surface area contributed by atoms with Crippen LogP contribution in [0.1, 0.15) is 23.2 Å². The summed E-state index contributed by atoms with van der Waals surface area (Å²) in [5.74, 6) is 0.0788. The first-order valence-electron chi connectivity index (χ1n) is 8.40. The molecule has 4 nitrogen and oxygen atoms in total. The third-order valence-corrected chi connectivity index (χ3v) is 4.64. The largest absolute Gasteiger partial charge is 0.380 e. The van der Waals surface area contributed by atoms with Crippen molar-refractivity contribution in [3.8, 4) is 0 Å². The Balaban J connectivity index is 1.87. The molecule has 1 aliphatic heterocycles. The Hall–Kier alpha value is -2.33. The van der Waals surface area contributed by atoms with Crippen LogP contribution in [0, 0.1) is 0 Å². The lowest BCUT2D eigenvalue weighted by Gasteiger charge is -2.33. The fourth-order valence-corrected chi connectivity index (χ4v) is 3.22. The Morgan fingerprint density at radius 3 is 2.58 bits per heavy atom. The zero-order valence-electron chi connectivity index (χ0n) is 14.3. The van der Waals surface area contributed by atoms with E-state index in [0.29, 0.717) is 6.54 Å². The molecular formula is C20H24N2O2. The lowest BCUT2D eigenvalue weighted by molar-refractivity contribution is 0.0269. The van der Waals surface area contributed by atoms with Crippen molar-refractivity contribution in [1.82, 2.24) is 4.90 Å². The maximum atomic E-state index is 13.1. The van der Waals surface area contributed by atoms with E-state index in [-0.39, 0.29) is 12.0 Å². The zero-order chi connectivity index (χ0) is 16.9. The molecule has 1 aliphatic rings. The molecule has 0 saturated carbocycles. The first-order chi connectivity index (χ1) is 11.7. The smallest absolute Gasteiger partial charge is 0.256 e. The van der Waals surface area contributed by atoms with Gasteiger partial charge in [-0.3, -0.25) is 4.79 Å². The number of para-hydroxylation sites is 2. The minimum atomic E-state index is 0.0788. The summed E-state index contributed by atoms with van der Waals surface area (Å²) in [7, 11) is 3.71. The number of hydrogen-bond acceptors (Lipinski definition) is 3. The van der Waals surface area contributed by atoms with Gasteiger partial charge < -0.3 is 14.5 Å². The molecule has 24 heavy (non-hydrogen) atoms. The molecule has 0 bridgehead atoms. The topological polar surface area (TPSA) is 32.8 Å². The number of hydrogen-bond donors (Lipinski definition) is 0. The Labute approximate surface area is 143 Å². The van der Waals surface area contributed by atoms with E-state index in [4.69, 9.17) is 4.74 Å². The molecule has 0 aromatic heterocycles. The summed E-state index contributed by atoms with van der Waals surface area (Å²) >= 11 is 0. The van der Waals surface area contributed by atoms with Gasteiger partial charge in [0.1, 0.15) is 0 Å². The third-order valence-electron chi connectivity index (χ3n) is 4.64. The second-order valence-electron chi connectivity index (χ2n) is 6.16. The lowest BCUT2D eigenvalue weighted by atomic mass is 10.1. The molecule has 1 fully saturated rings. The fraction of sp³-hybridized carbons (Fsp3) is 0.350. The van der Waals surface area contributed by atoms with Crippen molar-refractivity contribution in [2.24, 2.45) is 0 Å². The van der Waals surface area contributed by atoms with Gasteiger partial charge in [-0.2, -0.15) is 0 Å². The SMILES string of the molecule is COC1CCCN(C(=O)c2ccccc2N(C)c2ccccc2)C1. The monoisotopic (exact) mass is 324 g/mol. The molecule has 2 aromatic carbocycles. The van der Waals surface area contributed by atoms with E-state index in [1.54, 1.807) is 7.11 Å². The molecule has 3 rings (SSSR count). The number of rotatable bonds is 4. The van der Waals surface area contributed by atoms with Crippen LogP contribution in [0.2, 0.25) is 0 Å². The van der Waals surface area contributed by atoms with Gasteiger partial charge in [-0.1, -0.05) is 30.3 Å². The lowest BCUT2D eigenvalue weighted by Crippen LogP contribution is -2.43. The van der Waals surface area contributed by atoms with E-state index >= 15 is 0 Å². The van der Waals surface area contributed by atoms with E-state index in [9.17, 15) is 4.79 Å². The van der Waals surface area contributed by atoms with Crippen molar-refractivity contribution in [1.29, 1.82) is 0 Å². The Morgan fingerprint density at radius 2 is 1.83 bits per heavy atom. The van der Waals surface area contributed by atoms with Crippen LogP contribution >= 0.6 is 0 Å². The van der Waals surface area contributed by atoms with Gasteiger partial charge in [-0.15, -0.1) is 0 Å². The molecule has 1 heterocycles. The van der Waals surface area contributed by atoms with Gasteiger partial charge in [0, 0.05) is 32.9 Å². The van der Waals surface area contributed by atoms with Crippen LogP contribution in [-0.2, 0) is 4.74 Å². The number of nitrogens with zero attached hydrogens (tertiary/aromatic N) is 2. The average Bonchev–Trinajstić information content (AvgIpc) is 2.67. The molecule has 1 atom stereocenters. The summed E-state index contributed by atoms with van der Waals surface area (Å²) in [4.78, 5) is 17.0. The van der Waals surface area contributed by atoms with Crippen LogP contribution in [0.25, 0.3) is 0 Å². The molecule has 126 valence electrons. The summed E-state index contributed by atoms with van der Waals surface area (Å²) in [6.45, 7) is 1.46. The van der Waals surface area contributed by atoms with Crippen LogP contribution in [0.5, 0.6) is 0 Å². The maximum absolute atomic E-state index is 13.1. The van der Waals surface area contributed by atoms with Crippen molar-refractivity contribution < 1.29 is 9.53 Å². The number of carbonyl (C=O) groups is 1. The van der Waals surface area contributed by atoms with Crippen LogP contribution in [0.15, 0.2) is 54.6 Å². The molecule has 0 aliphatic carbocycles. The molecule has 0 spiro atoms. The van der Waals surface area contributed by atoms with E-state index in [1.165, 1.54) is 0 Å². The van der Waals surface area contributed by atoms with Crippen LogP contribution < -0.4 is 4.90 Å². The van der Waals surface area contributed by atoms with Gasteiger partial charge in [-0.05, 0) is 37.1 Å². The second-order valence-corrected chi connectivity index (χ2v) is 6.16. The number of ether oxygens (including phenoxy) is 1. The van der Waals surface area contributed by atoms with Crippen LogP contribution in [0.3, 0.4) is 0 Å². The first kappa shape index (κ1) is 16.5. The Morgan fingerprint density at radius 1 is 1.12 bits per heavy atom. The number of piperidine rings is 1. The van der Waals surface area contributed by atoms with Crippen molar-refractivity contribution in [3.05, 3.63) is 60.2 Å². The van der Waals surface area contributed by atoms with Crippen LogP contribution in [0.4, 0.5) is 11.4 Å². The molecule has 1 saturated heterocycles. The highest BCUT2D eigenvalue weighted by atomic mass is 16.5. The molecule has 4 heteroatoms. The molecular weight excluding hydrogens is 300 g/mol. The van der Waals surface area contributed by atoms with Crippen molar-refractivity contribution >= 4 is 17.3 Å². The third kappa shape index (κ3) is 3.44. The van der Waals surface area contributed by atoms with Gasteiger partial charge in [-0.25, -0.2) is 0 Å². The predicted octanol–water partition coefficient (Wildman–Crippen LogP) is 3.71. The average molecular weight is 324 g/mol. The zero-order valence-corrected chi connectivity index (χ0v) is 14.3. The van der Waals surface area contributed by atoms with Gasteiger partial charge in [0.15, 0.2) is 0 Å². The van der Waals surface area contributed by atoms with Crippen molar-refractivity contribution in [2.45, 2.75) is 18.9 Å². The number of likely N-dealkylation sites (tertiary alicyclic amines) is 1. The quantitative estimate of drug-likeness (QED) is 0.859. The highest BCUT2D eigenvalue weighted by Crippen LogP contribution is 2.28. The molecule has 2 aromatic rings. The van der Waals surface area contributed by atoms with Gasteiger partial charge >= 0.3 is 0 Å². The van der Waals surface area contributed by atoms with E-state index in [2.05, 4.69) is 4.90 Å². The second kappa shape index (κ2) is 7.49. The summed E-state index contributed by atoms with van der Waals surface area (Å²) in [6, 6.07) is 17.9. The molecule has 0 radical (unpaired) electrons. The summed E-state index contributed by atoms with van der Waals surface area (Å²) in [5, 5.41) is 0. The highest BCUT2D eigenvalue weighted by molar-refractivity contribution is 6.00. The molecule has 0 N–H and O–H groups in total. The number of anilines is 2. The number of methoxy groups -OCH3 is 1. The van der Waals surface area contributed by atoms with Crippen molar-refractivity contribution in [2.75, 3.05) is 32.1 Å². The van der Waals surface area contributed by atoms with Gasteiger partial charge in [0.2, 0.25) is 0 Å². The minimum absolute atomic E-state index is 0.0788. The number of amides is 1. The molecule has 1 amide bonds. The minimum Gasteiger partial charge on any atom is -0.380 e. The Bertz CT molecular complexity index is 687. The van der Waals surface area contributed by atoms with E-state index < -0.39 is 0 Å². The van der Waals surface area contributed by atoms with Crippen molar-refractivity contribution in [3.63, 3.8) is 0 Å². The number of benzene rings is 2.